The number of nitrogens with one attached hydrogen (secondary N) is 1. The molecule has 1 saturated heterocycles. The van der Waals surface area contributed by atoms with Crippen molar-refractivity contribution in [1.29, 1.82) is 0 Å². The molecule has 3 heterocycles. The number of hydrogen-bond acceptors (Lipinski definition) is 6. The summed E-state index contributed by atoms with van der Waals surface area (Å²) >= 11 is 0. The van der Waals surface area contributed by atoms with Crippen molar-refractivity contribution < 1.29 is 41.1 Å². The summed E-state index contributed by atoms with van der Waals surface area (Å²) in [5, 5.41) is 2.48. The SMILES string of the molecule is CCc1nc2c(c(C(F)(F)F)n1)CCN(C(=O)C[C@@H](CN1CC(F)(F)CCC1=O)NC(=O)OC(C)(C)C)C2. The topological polar surface area (TPSA) is 105 Å². The third-order valence-corrected chi connectivity index (χ3v) is 6.11. The number of fused-ring (bicyclic) bond motifs is 1. The number of alkyl halides is 5. The van der Waals surface area contributed by atoms with Crippen molar-refractivity contribution in [2.45, 2.75) is 90.1 Å². The number of amides is 3. The van der Waals surface area contributed by atoms with Crippen LogP contribution in [-0.4, -0.2) is 74.9 Å². The van der Waals surface area contributed by atoms with Gasteiger partial charge in [0.15, 0.2) is 5.69 Å². The smallest absolute Gasteiger partial charge is 0.433 e. The van der Waals surface area contributed by atoms with Gasteiger partial charge in [-0.15, -0.1) is 0 Å². The minimum absolute atomic E-state index is 0.000572. The number of rotatable bonds is 6. The quantitative estimate of drug-likeness (QED) is 0.545. The summed E-state index contributed by atoms with van der Waals surface area (Å²) in [5.41, 5.74) is -1.87. The van der Waals surface area contributed by atoms with Crippen LogP contribution in [0.4, 0.5) is 26.7 Å². The Hall–Kier alpha value is -3.06. The predicted octanol–water partition coefficient (Wildman–Crippen LogP) is 3.48. The molecule has 1 N–H and O–H groups in total. The molecule has 0 radical (unpaired) electrons. The van der Waals surface area contributed by atoms with E-state index in [4.69, 9.17) is 4.74 Å². The molecule has 38 heavy (non-hydrogen) atoms. The summed E-state index contributed by atoms with van der Waals surface area (Å²) in [7, 11) is 0. The third kappa shape index (κ3) is 7.73. The van der Waals surface area contributed by atoms with E-state index in [9.17, 15) is 36.3 Å². The highest BCUT2D eigenvalue weighted by Gasteiger charge is 2.41. The van der Waals surface area contributed by atoms with Gasteiger partial charge in [0, 0.05) is 44.3 Å². The maximum atomic E-state index is 14.0. The molecule has 9 nitrogen and oxygen atoms in total. The number of piperidine rings is 1. The van der Waals surface area contributed by atoms with Crippen LogP contribution >= 0.6 is 0 Å². The average Bonchev–Trinajstić information content (AvgIpc) is 2.78. The highest BCUT2D eigenvalue weighted by atomic mass is 19.4. The Morgan fingerprint density at radius 2 is 1.84 bits per heavy atom. The lowest BCUT2D eigenvalue weighted by Gasteiger charge is -2.36. The van der Waals surface area contributed by atoms with Crippen LogP contribution < -0.4 is 5.32 Å². The van der Waals surface area contributed by atoms with Gasteiger partial charge in [-0.25, -0.2) is 23.5 Å². The third-order valence-electron chi connectivity index (χ3n) is 6.11. The van der Waals surface area contributed by atoms with Crippen molar-refractivity contribution in [3.05, 3.63) is 22.8 Å². The highest BCUT2D eigenvalue weighted by molar-refractivity contribution is 5.79. The molecule has 1 aromatic heterocycles. The first kappa shape index (κ1) is 29.5. The molecule has 0 bridgehead atoms. The number of nitrogens with zero attached hydrogens (tertiary/aromatic N) is 4. The summed E-state index contributed by atoms with van der Waals surface area (Å²) in [5.74, 6) is -4.18. The van der Waals surface area contributed by atoms with Gasteiger partial charge in [-0.3, -0.25) is 9.59 Å². The summed E-state index contributed by atoms with van der Waals surface area (Å²) in [4.78, 5) is 47.9. The number of hydrogen-bond donors (Lipinski definition) is 1. The van der Waals surface area contributed by atoms with Crippen LogP contribution in [-0.2, 0) is 39.9 Å². The van der Waals surface area contributed by atoms with Gasteiger partial charge in [-0.2, -0.15) is 13.2 Å². The van der Waals surface area contributed by atoms with E-state index in [0.29, 0.717) is 0 Å². The highest BCUT2D eigenvalue weighted by Crippen LogP contribution is 2.34. The van der Waals surface area contributed by atoms with E-state index in [1.54, 1.807) is 27.7 Å². The molecule has 0 aromatic carbocycles. The van der Waals surface area contributed by atoms with E-state index in [1.165, 1.54) is 4.90 Å². The molecule has 0 aliphatic carbocycles. The summed E-state index contributed by atoms with van der Waals surface area (Å²) in [6, 6.07) is -1.07. The first-order chi connectivity index (χ1) is 17.5. The number of carbonyl (C=O) groups is 3. The molecule has 3 amide bonds. The second kappa shape index (κ2) is 11.0. The minimum atomic E-state index is -4.67. The molecule has 2 aliphatic rings. The molecule has 14 heteroatoms. The van der Waals surface area contributed by atoms with Crippen LogP contribution in [0, 0.1) is 0 Å². The molecule has 1 fully saturated rings. The Bertz CT molecular complexity index is 1070. The first-order valence-corrected chi connectivity index (χ1v) is 12.4. The summed E-state index contributed by atoms with van der Waals surface area (Å²) < 4.78 is 73.8. The average molecular weight is 550 g/mol. The monoisotopic (exact) mass is 549 g/mol. The zero-order valence-corrected chi connectivity index (χ0v) is 21.8. The maximum absolute atomic E-state index is 14.0. The lowest BCUT2D eigenvalue weighted by atomic mass is 10.0. The van der Waals surface area contributed by atoms with Crippen LogP contribution in [0.15, 0.2) is 0 Å². The maximum Gasteiger partial charge on any atom is 0.433 e. The molecule has 1 aromatic rings. The van der Waals surface area contributed by atoms with Crippen molar-refractivity contribution in [1.82, 2.24) is 25.1 Å². The van der Waals surface area contributed by atoms with Crippen molar-refractivity contribution >= 4 is 17.9 Å². The fraction of sp³-hybridized carbons (Fsp3) is 0.708. The molecular weight excluding hydrogens is 517 g/mol. The molecule has 3 rings (SSSR count). The Morgan fingerprint density at radius 3 is 2.45 bits per heavy atom. The predicted molar refractivity (Wildman–Crippen MR) is 124 cm³/mol. The Labute approximate surface area is 217 Å². The Kier molecular flexibility index (Phi) is 8.51. The van der Waals surface area contributed by atoms with E-state index in [2.05, 4.69) is 15.3 Å². The molecule has 2 aliphatic heterocycles. The normalized spacial score (nSPS) is 18.6. The Balaban J connectivity index is 1.78. The lowest BCUT2D eigenvalue weighted by molar-refractivity contribution is -0.148. The van der Waals surface area contributed by atoms with Crippen molar-refractivity contribution in [3.8, 4) is 0 Å². The zero-order chi connectivity index (χ0) is 28.5. The number of carbonyl (C=O) groups excluding carboxylic acids is 3. The van der Waals surface area contributed by atoms with Crippen molar-refractivity contribution in [3.63, 3.8) is 0 Å². The molecule has 0 spiro atoms. The van der Waals surface area contributed by atoms with Gasteiger partial charge in [-0.1, -0.05) is 6.92 Å². The van der Waals surface area contributed by atoms with Gasteiger partial charge < -0.3 is 19.9 Å². The van der Waals surface area contributed by atoms with E-state index in [1.807, 2.05) is 0 Å². The van der Waals surface area contributed by atoms with Gasteiger partial charge in [0.1, 0.15) is 11.4 Å². The number of aryl methyl sites for hydroxylation is 1. The summed E-state index contributed by atoms with van der Waals surface area (Å²) in [6.07, 6.45) is -6.87. The van der Waals surface area contributed by atoms with Crippen LogP contribution in [0.1, 0.15) is 69.7 Å². The largest absolute Gasteiger partial charge is 0.444 e. The first-order valence-electron chi connectivity index (χ1n) is 12.4. The van der Waals surface area contributed by atoms with Crippen LogP contribution in [0.3, 0.4) is 0 Å². The molecule has 212 valence electrons. The zero-order valence-electron chi connectivity index (χ0n) is 21.8. The number of ether oxygens (including phenoxy) is 1. The molecular formula is C24H32F5N5O4. The van der Waals surface area contributed by atoms with E-state index < -0.39 is 60.3 Å². The van der Waals surface area contributed by atoms with Crippen LogP contribution in [0.2, 0.25) is 0 Å². The van der Waals surface area contributed by atoms with Gasteiger partial charge >= 0.3 is 12.3 Å². The fourth-order valence-electron chi connectivity index (χ4n) is 4.39. The van der Waals surface area contributed by atoms with Gasteiger partial charge in [0.25, 0.3) is 5.92 Å². The fourth-order valence-corrected chi connectivity index (χ4v) is 4.39. The van der Waals surface area contributed by atoms with Gasteiger partial charge in [0.2, 0.25) is 11.8 Å². The Morgan fingerprint density at radius 1 is 1.16 bits per heavy atom. The van der Waals surface area contributed by atoms with Gasteiger partial charge in [0.05, 0.1) is 24.8 Å². The number of alkyl carbamates (subject to hydrolysis) is 1. The van der Waals surface area contributed by atoms with E-state index in [-0.39, 0.29) is 62.4 Å². The number of likely N-dealkylation sites (tertiary alicyclic amines) is 1. The van der Waals surface area contributed by atoms with Crippen molar-refractivity contribution in [2.24, 2.45) is 0 Å². The summed E-state index contributed by atoms with van der Waals surface area (Å²) in [6.45, 7) is 5.02. The lowest BCUT2D eigenvalue weighted by Crippen LogP contribution is -2.53. The van der Waals surface area contributed by atoms with Crippen molar-refractivity contribution in [2.75, 3.05) is 19.6 Å². The molecule has 0 saturated carbocycles. The van der Waals surface area contributed by atoms with E-state index in [0.717, 1.165) is 4.90 Å². The van der Waals surface area contributed by atoms with E-state index >= 15 is 0 Å². The van der Waals surface area contributed by atoms with Gasteiger partial charge in [-0.05, 0) is 27.2 Å². The second-order valence-electron chi connectivity index (χ2n) is 10.5. The van der Waals surface area contributed by atoms with Crippen LogP contribution in [0.5, 0.6) is 0 Å². The second-order valence-corrected chi connectivity index (χ2v) is 10.5. The standard InChI is InChI=1S/C24H32F5N5O4/c1-5-17-31-16-12-33(9-7-15(16)20(32-17)24(27,28)29)19(36)10-14(30-21(37)38-22(2,3)4)11-34-13-23(25,26)8-6-18(34)35/h14H,5-13H2,1-4H3,(H,30,37)/t14-/m0/s1. The number of aromatic nitrogens is 2. The minimum Gasteiger partial charge on any atom is -0.444 e. The van der Waals surface area contributed by atoms with Crippen LogP contribution in [0.25, 0.3) is 0 Å². The molecule has 0 unspecified atom stereocenters. The number of halogens is 5. The molecule has 1 atom stereocenters.